The summed E-state index contributed by atoms with van der Waals surface area (Å²) in [6.07, 6.45) is -4.72. The zero-order valence-electron chi connectivity index (χ0n) is 10.6. The molecule has 21 heavy (non-hydrogen) atoms. The van der Waals surface area contributed by atoms with E-state index in [1.807, 2.05) is 0 Å². The molecule has 0 saturated heterocycles. The topological polar surface area (TPSA) is 60.5 Å². The van der Waals surface area contributed by atoms with Crippen LogP contribution in [0.1, 0.15) is 10.5 Å². The maximum absolute atomic E-state index is 12.0. The van der Waals surface area contributed by atoms with Crippen molar-refractivity contribution in [3.63, 3.8) is 0 Å². The lowest BCUT2D eigenvalue weighted by atomic mass is 10.3. The zero-order chi connectivity index (χ0) is 15.5. The van der Waals surface area contributed by atoms with Crippen LogP contribution >= 0.6 is 11.3 Å². The van der Waals surface area contributed by atoms with Crippen molar-refractivity contribution in [3.05, 3.63) is 35.3 Å². The van der Waals surface area contributed by atoms with Gasteiger partial charge in [0.2, 0.25) is 0 Å². The fraction of sp³-hybridized carbons (Fsp3) is 0.167. The van der Waals surface area contributed by atoms with E-state index in [0.717, 1.165) is 0 Å². The number of rotatable bonds is 4. The molecule has 112 valence electrons. The first kappa shape index (κ1) is 15.1. The van der Waals surface area contributed by atoms with Crippen molar-refractivity contribution < 1.29 is 27.4 Å². The normalized spacial score (nSPS) is 11.0. The number of hydrogen-bond donors (Lipinski definition) is 1. The quantitative estimate of drug-likeness (QED) is 0.873. The van der Waals surface area contributed by atoms with Gasteiger partial charge in [-0.3, -0.25) is 0 Å². The van der Waals surface area contributed by atoms with E-state index in [-0.39, 0.29) is 11.4 Å². The Labute approximate surface area is 121 Å². The van der Waals surface area contributed by atoms with E-state index in [1.54, 1.807) is 0 Å². The first-order valence-corrected chi connectivity index (χ1v) is 6.42. The van der Waals surface area contributed by atoms with Crippen LogP contribution in [0.15, 0.2) is 29.6 Å². The van der Waals surface area contributed by atoms with Gasteiger partial charge in [-0.2, -0.15) is 0 Å². The standard InChI is InChI=1S/C12H9F3N2O3S/c1-19-10(18)9-6-21-11(17-9)16-7-2-4-8(5-3-7)20-12(13,14)15/h2-6H,1H3,(H,16,17). The molecule has 0 aliphatic carbocycles. The minimum absolute atomic E-state index is 0.155. The number of carbonyl (C=O) groups excluding carboxylic acids is 1. The molecule has 0 radical (unpaired) electrons. The van der Waals surface area contributed by atoms with Crippen molar-refractivity contribution in [2.45, 2.75) is 6.36 Å². The Morgan fingerprint density at radius 2 is 1.95 bits per heavy atom. The highest BCUT2D eigenvalue weighted by Gasteiger charge is 2.30. The highest BCUT2D eigenvalue weighted by molar-refractivity contribution is 7.14. The molecule has 9 heteroatoms. The molecule has 0 bridgehead atoms. The molecule has 0 fully saturated rings. The number of hydrogen-bond acceptors (Lipinski definition) is 6. The molecule has 0 atom stereocenters. The molecule has 0 spiro atoms. The summed E-state index contributed by atoms with van der Waals surface area (Å²) in [5, 5.41) is 4.78. The Kier molecular flexibility index (Phi) is 4.32. The first-order chi connectivity index (χ1) is 9.87. The SMILES string of the molecule is COC(=O)c1csc(Nc2ccc(OC(F)(F)F)cc2)n1. The van der Waals surface area contributed by atoms with Crippen LogP contribution in [0.3, 0.4) is 0 Å². The Balaban J connectivity index is 2.03. The molecule has 1 heterocycles. The molecule has 1 N–H and O–H groups in total. The number of thiazole rings is 1. The van der Waals surface area contributed by atoms with Gasteiger partial charge in [0.15, 0.2) is 10.8 Å². The number of alkyl halides is 3. The van der Waals surface area contributed by atoms with Crippen LogP contribution in [0.5, 0.6) is 5.75 Å². The van der Waals surface area contributed by atoms with Gasteiger partial charge in [-0.25, -0.2) is 9.78 Å². The van der Waals surface area contributed by atoms with Crippen LogP contribution in [0.25, 0.3) is 0 Å². The maximum atomic E-state index is 12.0. The van der Waals surface area contributed by atoms with Crippen molar-refractivity contribution in [3.8, 4) is 5.75 Å². The van der Waals surface area contributed by atoms with E-state index in [4.69, 9.17) is 0 Å². The van der Waals surface area contributed by atoms with Crippen molar-refractivity contribution in [2.24, 2.45) is 0 Å². The Bertz CT molecular complexity index is 625. The molecule has 2 aromatic rings. The van der Waals surface area contributed by atoms with Crippen molar-refractivity contribution in [1.82, 2.24) is 4.98 Å². The van der Waals surface area contributed by atoms with Crippen LogP contribution in [0, 0.1) is 0 Å². The molecule has 1 aromatic heterocycles. The van der Waals surface area contributed by atoms with Gasteiger partial charge in [0.25, 0.3) is 0 Å². The highest BCUT2D eigenvalue weighted by atomic mass is 32.1. The number of nitrogens with one attached hydrogen (secondary N) is 1. The number of ether oxygens (including phenoxy) is 2. The smallest absolute Gasteiger partial charge is 0.464 e. The van der Waals surface area contributed by atoms with Gasteiger partial charge in [0, 0.05) is 11.1 Å². The van der Waals surface area contributed by atoms with E-state index < -0.39 is 12.3 Å². The third kappa shape index (κ3) is 4.35. The molecule has 0 saturated carbocycles. The zero-order valence-corrected chi connectivity index (χ0v) is 11.4. The number of anilines is 2. The second-order valence-electron chi connectivity index (χ2n) is 3.73. The molecule has 0 aliphatic rings. The summed E-state index contributed by atoms with van der Waals surface area (Å²) in [7, 11) is 1.24. The minimum atomic E-state index is -4.72. The number of nitrogens with zero attached hydrogens (tertiary/aromatic N) is 1. The largest absolute Gasteiger partial charge is 0.573 e. The van der Waals surface area contributed by atoms with Gasteiger partial charge in [-0.05, 0) is 24.3 Å². The van der Waals surface area contributed by atoms with Gasteiger partial charge >= 0.3 is 12.3 Å². The van der Waals surface area contributed by atoms with Gasteiger partial charge in [0.05, 0.1) is 7.11 Å². The van der Waals surface area contributed by atoms with Crippen molar-refractivity contribution in [2.75, 3.05) is 12.4 Å². The maximum Gasteiger partial charge on any atom is 0.573 e. The molecule has 5 nitrogen and oxygen atoms in total. The summed E-state index contributed by atoms with van der Waals surface area (Å²) < 4.78 is 44.3. The first-order valence-electron chi connectivity index (χ1n) is 5.54. The van der Waals surface area contributed by atoms with Gasteiger partial charge in [0.1, 0.15) is 5.75 Å². The second-order valence-corrected chi connectivity index (χ2v) is 4.58. The Hall–Kier alpha value is -2.29. The van der Waals surface area contributed by atoms with Gasteiger partial charge in [-0.1, -0.05) is 0 Å². The van der Waals surface area contributed by atoms with Crippen LogP contribution < -0.4 is 10.1 Å². The van der Waals surface area contributed by atoms with Crippen molar-refractivity contribution in [1.29, 1.82) is 0 Å². The average Bonchev–Trinajstić information content (AvgIpc) is 2.87. The van der Waals surface area contributed by atoms with Gasteiger partial charge < -0.3 is 14.8 Å². The number of halogens is 3. The lowest BCUT2D eigenvalue weighted by Crippen LogP contribution is -2.16. The molecule has 0 unspecified atom stereocenters. The summed E-state index contributed by atoms with van der Waals surface area (Å²) in [6, 6.07) is 5.15. The van der Waals surface area contributed by atoms with E-state index >= 15 is 0 Å². The monoisotopic (exact) mass is 318 g/mol. The van der Waals surface area contributed by atoms with Gasteiger partial charge in [-0.15, -0.1) is 24.5 Å². The molecular weight excluding hydrogens is 309 g/mol. The summed E-state index contributed by atoms with van der Waals surface area (Å²) in [5.41, 5.74) is 0.664. The van der Waals surface area contributed by atoms with Crippen molar-refractivity contribution >= 4 is 28.1 Å². The van der Waals surface area contributed by atoms with E-state index in [2.05, 4.69) is 19.8 Å². The highest BCUT2D eigenvalue weighted by Crippen LogP contribution is 2.26. The molecule has 0 amide bonds. The van der Waals surface area contributed by atoms with E-state index in [1.165, 1.54) is 48.1 Å². The second kappa shape index (κ2) is 6.00. The number of aromatic nitrogens is 1. The number of benzene rings is 1. The number of carbonyl (C=O) groups is 1. The summed E-state index contributed by atoms with van der Waals surface area (Å²) >= 11 is 1.17. The summed E-state index contributed by atoms with van der Waals surface area (Å²) in [5.74, 6) is -0.879. The van der Waals surface area contributed by atoms with E-state index in [0.29, 0.717) is 10.8 Å². The third-order valence-electron chi connectivity index (χ3n) is 2.24. The fourth-order valence-electron chi connectivity index (χ4n) is 1.39. The number of methoxy groups -OCH3 is 1. The Morgan fingerprint density at radius 3 is 2.52 bits per heavy atom. The predicted molar refractivity (Wildman–Crippen MR) is 69.9 cm³/mol. The molecular formula is C12H9F3N2O3S. The summed E-state index contributed by atoms with van der Waals surface area (Å²) in [4.78, 5) is 15.2. The molecule has 0 aliphatic heterocycles. The summed E-state index contributed by atoms with van der Waals surface area (Å²) in [6.45, 7) is 0. The lowest BCUT2D eigenvalue weighted by Gasteiger charge is -2.09. The molecule has 2 rings (SSSR count). The predicted octanol–water partition coefficient (Wildman–Crippen LogP) is 3.57. The van der Waals surface area contributed by atoms with Crippen LogP contribution in [0.4, 0.5) is 24.0 Å². The third-order valence-corrected chi connectivity index (χ3v) is 3.00. The van der Waals surface area contributed by atoms with E-state index in [9.17, 15) is 18.0 Å². The van der Waals surface area contributed by atoms with Crippen LogP contribution in [0.2, 0.25) is 0 Å². The molecule has 1 aromatic carbocycles. The van der Waals surface area contributed by atoms with Crippen LogP contribution in [-0.4, -0.2) is 24.4 Å². The average molecular weight is 318 g/mol. The van der Waals surface area contributed by atoms with Crippen LogP contribution in [-0.2, 0) is 4.74 Å². The number of esters is 1. The minimum Gasteiger partial charge on any atom is -0.464 e. The fourth-order valence-corrected chi connectivity index (χ4v) is 2.09. The Morgan fingerprint density at radius 1 is 1.29 bits per heavy atom. The lowest BCUT2D eigenvalue weighted by molar-refractivity contribution is -0.274.